The molecule has 0 radical (unpaired) electrons. The molecule has 0 spiro atoms. The van der Waals surface area contributed by atoms with E-state index in [9.17, 15) is 4.79 Å². The third-order valence-corrected chi connectivity index (χ3v) is 4.28. The number of rotatable bonds is 6. The molecule has 2 rings (SSSR count). The highest BCUT2D eigenvalue weighted by Crippen LogP contribution is 2.15. The monoisotopic (exact) mass is 308 g/mol. The molecule has 1 amide bonds. The Labute approximate surface area is 132 Å². The lowest BCUT2D eigenvalue weighted by Crippen LogP contribution is -2.40. The predicted octanol–water partition coefficient (Wildman–Crippen LogP) is 3.12. The normalized spacial score (nSPS) is 18.8. The van der Waals surface area contributed by atoms with E-state index in [2.05, 4.69) is 12.2 Å². The van der Waals surface area contributed by atoms with Gasteiger partial charge in [-0.1, -0.05) is 30.7 Å². The standard InChI is InChI=1S/C17H25ClN2O/c1-14-3-2-12-20(13-14)17(21)9-11-19-10-8-15-4-6-16(18)7-5-15/h4-7,14,19H,2-3,8-13H2,1H3. The van der Waals surface area contributed by atoms with E-state index in [1.807, 2.05) is 29.2 Å². The number of halogens is 1. The maximum absolute atomic E-state index is 12.1. The van der Waals surface area contributed by atoms with Gasteiger partial charge in [0.25, 0.3) is 0 Å². The van der Waals surface area contributed by atoms with Crippen molar-refractivity contribution in [3.05, 3.63) is 34.9 Å². The summed E-state index contributed by atoms with van der Waals surface area (Å²) < 4.78 is 0. The summed E-state index contributed by atoms with van der Waals surface area (Å²) in [5, 5.41) is 4.12. The third kappa shape index (κ3) is 5.68. The van der Waals surface area contributed by atoms with Gasteiger partial charge >= 0.3 is 0 Å². The molecule has 1 N–H and O–H groups in total. The molecule has 1 aliphatic heterocycles. The van der Waals surface area contributed by atoms with Gasteiger partial charge < -0.3 is 10.2 Å². The first-order valence-corrected chi connectivity index (χ1v) is 8.26. The zero-order valence-electron chi connectivity index (χ0n) is 12.8. The molecular formula is C17H25ClN2O. The Morgan fingerprint density at radius 2 is 2.10 bits per heavy atom. The van der Waals surface area contributed by atoms with Crippen molar-refractivity contribution in [1.82, 2.24) is 10.2 Å². The highest BCUT2D eigenvalue weighted by Gasteiger charge is 2.20. The first-order chi connectivity index (χ1) is 10.1. The Morgan fingerprint density at radius 1 is 1.33 bits per heavy atom. The van der Waals surface area contributed by atoms with E-state index in [1.54, 1.807) is 0 Å². The number of likely N-dealkylation sites (tertiary alicyclic amines) is 1. The molecule has 1 aromatic rings. The molecule has 1 aliphatic rings. The van der Waals surface area contributed by atoms with E-state index in [4.69, 9.17) is 11.6 Å². The zero-order valence-corrected chi connectivity index (χ0v) is 13.5. The number of carbonyl (C=O) groups is 1. The Balaban J connectivity index is 1.59. The van der Waals surface area contributed by atoms with Crippen molar-refractivity contribution < 1.29 is 4.79 Å². The van der Waals surface area contributed by atoms with Crippen LogP contribution in [0.4, 0.5) is 0 Å². The van der Waals surface area contributed by atoms with Gasteiger partial charge in [-0.05, 0) is 49.4 Å². The predicted molar refractivity (Wildman–Crippen MR) is 87.6 cm³/mol. The van der Waals surface area contributed by atoms with E-state index < -0.39 is 0 Å². The van der Waals surface area contributed by atoms with Gasteiger partial charge in [0.2, 0.25) is 5.91 Å². The van der Waals surface area contributed by atoms with Crippen LogP contribution in [0.5, 0.6) is 0 Å². The van der Waals surface area contributed by atoms with Crippen LogP contribution >= 0.6 is 11.6 Å². The van der Waals surface area contributed by atoms with Crippen LogP contribution in [0, 0.1) is 5.92 Å². The number of hydrogen-bond acceptors (Lipinski definition) is 2. The highest BCUT2D eigenvalue weighted by molar-refractivity contribution is 6.30. The summed E-state index contributed by atoms with van der Waals surface area (Å²) in [6.07, 6.45) is 3.97. The van der Waals surface area contributed by atoms with E-state index in [1.165, 1.54) is 12.0 Å². The first kappa shape index (κ1) is 16.3. The third-order valence-electron chi connectivity index (χ3n) is 4.03. The lowest BCUT2D eigenvalue weighted by molar-refractivity contribution is -0.132. The van der Waals surface area contributed by atoms with Gasteiger partial charge in [0.05, 0.1) is 0 Å². The number of nitrogens with one attached hydrogen (secondary N) is 1. The second-order valence-corrected chi connectivity index (χ2v) is 6.40. The lowest BCUT2D eigenvalue weighted by Gasteiger charge is -2.31. The zero-order chi connectivity index (χ0) is 15.1. The van der Waals surface area contributed by atoms with Crippen LogP contribution in [0.3, 0.4) is 0 Å². The summed E-state index contributed by atoms with van der Waals surface area (Å²) in [5.74, 6) is 0.945. The van der Waals surface area contributed by atoms with E-state index in [0.29, 0.717) is 18.2 Å². The molecule has 0 aliphatic carbocycles. The molecule has 1 unspecified atom stereocenters. The molecule has 1 atom stereocenters. The molecule has 0 bridgehead atoms. The number of nitrogens with zero attached hydrogens (tertiary/aromatic N) is 1. The van der Waals surface area contributed by atoms with Crippen LogP contribution in [0.15, 0.2) is 24.3 Å². The van der Waals surface area contributed by atoms with Crippen molar-refractivity contribution in [3.63, 3.8) is 0 Å². The number of benzene rings is 1. The summed E-state index contributed by atoms with van der Waals surface area (Å²) in [6, 6.07) is 7.92. The van der Waals surface area contributed by atoms with Crippen LogP contribution in [0.25, 0.3) is 0 Å². The maximum atomic E-state index is 12.1. The summed E-state index contributed by atoms with van der Waals surface area (Å²) in [4.78, 5) is 14.1. The fourth-order valence-electron chi connectivity index (χ4n) is 2.78. The van der Waals surface area contributed by atoms with Gasteiger partial charge in [0.15, 0.2) is 0 Å². The van der Waals surface area contributed by atoms with Crippen molar-refractivity contribution >= 4 is 17.5 Å². The molecular weight excluding hydrogens is 284 g/mol. The minimum absolute atomic E-state index is 0.292. The Morgan fingerprint density at radius 3 is 2.81 bits per heavy atom. The van der Waals surface area contributed by atoms with Crippen LogP contribution in [0.1, 0.15) is 31.7 Å². The van der Waals surface area contributed by atoms with Crippen molar-refractivity contribution in [1.29, 1.82) is 0 Å². The van der Waals surface area contributed by atoms with E-state index in [-0.39, 0.29) is 0 Å². The van der Waals surface area contributed by atoms with Crippen LogP contribution in [-0.4, -0.2) is 37.0 Å². The van der Waals surface area contributed by atoms with Gasteiger partial charge in [-0.2, -0.15) is 0 Å². The Hall–Kier alpha value is -1.06. The molecule has 1 aromatic carbocycles. The summed E-state index contributed by atoms with van der Waals surface area (Å²) in [6.45, 7) is 5.75. The van der Waals surface area contributed by atoms with E-state index >= 15 is 0 Å². The van der Waals surface area contributed by atoms with Crippen LogP contribution in [-0.2, 0) is 11.2 Å². The number of hydrogen-bond donors (Lipinski definition) is 1. The molecule has 3 nitrogen and oxygen atoms in total. The quantitative estimate of drug-likeness (QED) is 0.819. The Bertz CT molecular complexity index is 447. The number of amides is 1. The molecule has 0 aromatic heterocycles. The molecule has 116 valence electrons. The average Bonchev–Trinajstić information content (AvgIpc) is 2.48. The summed E-state index contributed by atoms with van der Waals surface area (Å²) >= 11 is 5.86. The van der Waals surface area contributed by atoms with Gasteiger partial charge in [-0.3, -0.25) is 4.79 Å². The Kier molecular flexibility index (Phi) is 6.52. The number of carbonyl (C=O) groups excluding carboxylic acids is 1. The summed E-state index contributed by atoms with van der Waals surface area (Å²) in [7, 11) is 0. The fraction of sp³-hybridized carbons (Fsp3) is 0.588. The molecule has 0 saturated carbocycles. The largest absolute Gasteiger partial charge is 0.342 e. The van der Waals surface area contributed by atoms with Crippen molar-refractivity contribution in [2.75, 3.05) is 26.2 Å². The number of piperidine rings is 1. The molecule has 4 heteroatoms. The second-order valence-electron chi connectivity index (χ2n) is 5.96. The van der Waals surface area contributed by atoms with Crippen molar-refractivity contribution in [2.45, 2.75) is 32.6 Å². The minimum atomic E-state index is 0.292. The van der Waals surface area contributed by atoms with Crippen molar-refractivity contribution in [3.8, 4) is 0 Å². The molecule has 1 saturated heterocycles. The van der Waals surface area contributed by atoms with Gasteiger partial charge in [-0.25, -0.2) is 0 Å². The lowest BCUT2D eigenvalue weighted by atomic mass is 10.00. The van der Waals surface area contributed by atoms with E-state index in [0.717, 1.165) is 44.0 Å². The highest BCUT2D eigenvalue weighted by atomic mass is 35.5. The maximum Gasteiger partial charge on any atom is 0.223 e. The average molecular weight is 309 g/mol. The smallest absolute Gasteiger partial charge is 0.223 e. The topological polar surface area (TPSA) is 32.3 Å². The molecule has 21 heavy (non-hydrogen) atoms. The fourth-order valence-corrected chi connectivity index (χ4v) is 2.90. The van der Waals surface area contributed by atoms with Crippen molar-refractivity contribution in [2.24, 2.45) is 5.92 Å². The van der Waals surface area contributed by atoms with Crippen LogP contribution in [0.2, 0.25) is 5.02 Å². The first-order valence-electron chi connectivity index (χ1n) is 7.88. The van der Waals surface area contributed by atoms with Gasteiger partial charge in [-0.15, -0.1) is 0 Å². The summed E-state index contributed by atoms with van der Waals surface area (Å²) in [5.41, 5.74) is 1.27. The molecule has 1 heterocycles. The second kappa shape index (κ2) is 8.40. The van der Waals surface area contributed by atoms with Gasteiger partial charge in [0, 0.05) is 31.1 Å². The SMILES string of the molecule is CC1CCCN(C(=O)CCNCCc2ccc(Cl)cc2)C1. The molecule has 1 fully saturated rings. The van der Waals surface area contributed by atoms with Gasteiger partial charge in [0.1, 0.15) is 0 Å². The minimum Gasteiger partial charge on any atom is -0.342 e. The van der Waals surface area contributed by atoms with Crippen LogP contribution < -0.4 is 5.32 Å².